The number of urea groups is 1. The molecule has 132 valence electrons. The summed E-state index contributed by atoms with van der Waals surface area (Å²) >= 11 is 1.68. The Morgan fingerprint density at radius 2 is 1.96 bits per heavy atom. The van der Waals surface area contributed by atoms with Gasteiger partial charge in [-0.3, -0.25) is 0 Å². The molecule has 2 aliphatic rings. The van der Waals surface area contributed by atoms with Crippen LogP contribution in [0.25, 0.3) is 0 Å². The summed E-state index contributed by atoms with van der Waals surface area (Å²) in [7, 11) is 0. The Morgan fingerprint density at radius 1 is 1.16 bits per heavy atom. The number of morpholine rings is 1. The molecule has 0 bridgehead atoms. The number of carbonyl (C=O) groups excluding carboxylic acids is 1. The van der Waals surface area contributed by atoms with Gasteiger partial charge in [-0.25, -0.2) is 4.79 Å². The molecular weight excluding hydrogens is 332 g/mol. The summed E-state index contributed by atoms with van der Waals surface area (Å²) < 4.78 is 6.05. The van der Waals surface area contributed by atoms with Gasteiger partial charge in [0.05, 0.1) is 24.8 Å². The summed E-state index contributed by atoms with van der Waals surface area (Å²) in [5.41, 5.74) is 1.02. The van der Waals surface area contributed by atoms with Gasteiger partial charge in [-0.1, -0.05) is 49.2 Å². The van der Waals surface area contributed by atoms with Crippen LogP contribution in [0.5, 0.6) is 0 Å². The number of hydrogen-bond donors (Lipinski definition) is 1. The molecule has 5 heteroatoms. The van der Waals surface area contributed by atoms with Gasteiger partial charge >= 0.3 is 6.03 Å². The minimum atomic E-state index is -0.101. The Labute approximate surface area is 152 Å². The van der Waals surface area contributed by atoms with Crippen molar-refractivity contribution in [2.75, 3.05) is 19.7 Å². The lowest BCUT2D eigenvalue weighted by atomic mass is 10.00. The predicted octanol–water partition coefficient (Wildman–Crippen LogP) is 4.19. The van der Waals surface area contributed by atoms with E-state index in [4.69, 9.17) is 4.74 Å². The first-order chi connectivity index (χ1) is 12.3. The van der Waals surface area contributed by atoms with E-state index >= 15 is 0 Å². The molecule has 1 saturated carbocycles. The zero-order chi connectivity index (χ0) is 17.1. The van der Waals surface area contributed by atoms with Gasteiger partial charge in [-0.2, -0.15) is 0 Å². The van der Waals surface area contributed by atoms with E-state index in [2.05, 4.69) is 28.9 Å². The standard InChI is InChI=1S/C20H24N2O2S/c23-19(22-12-13-24-20(15-22)10-4-5-11-20)21-18(17-9-6-14-25-17)16-7-2-1-3-8-16/h1-3,6-9,14,18H,4-5,10-13,15H2,(H,21,23). The number of benzene rings is 1. The van der Waals surface area contributed by atoms with Gasteiger partial charge in [-0.15, -0.1) is 11.3 Å². The van der Waals surface area contributed by atoms with E-state index in [0.29, 0.717) is 19.7 Å². The van der Waals surface area contributed by atoms with Crippen molar-refractivity contribution in [3.63, 3.8) is 0 Å². The number of thiophene rings is 1. The highest BCUT2D eigenvalue weighted by molar-refractivity contribution is 7.10. The summed E-state index contributed by atoms with van der Waals surface area (Å²) in [5.74, 6) is 0. The molecule has 1 unspecified atom stereocenters. The normalized spacial score (nSPS) is 20.6. The van der Waals surface area contributed by atoms with E-state index in [9.17, 15) is 4.79 Å². The van der Waals surface area contributed by atoms with Crippen LogP contribution < -0.4 is 5.32 Å². The van der Waals surface area contributed by atoms with Crippen molar-refractivity contribution in [1.82, 2.24) is 10.2 Å². The summed E-state index contributed by atoms with van der Waals surface area (Å²) in [4.78, 5) is 16.1. The third-order valence-electron chi connectivity index (χ3n) is 5.28. The first-order valence-electron chi connectivity index (χ1n) is 9.04. The highest BCUT2D eigenvalue weighted by Crippen LogP contribution is 2.36. The molecule has 1 saturated heterocycles. The Kier molecular flexibility index (Phi) is 4.77. The molecule has 4 nitrogen and oxygen atoms in total. The van der Waals surface area contributed by atoms with Gasteiger partial charge < -0.3 is 15.0 Å². The lowest BCUT2D eigenvalue weighted by molar-refractivity contribution is -0.0926. The quantitative estimate of drug-likeness (QED) is 0.896. The monoisotopic (exact) mass is 356 g/mol. The molecule has 1 aliphatic carbocycles. The first-order valence-corrected chi connectivity index (χ1v) is 9.92. The van der Waals surface area contributed by atoms with Crippen LogP contribution >= 0.6 is 11.3 Å². The Hall–Kier alpha value is -1.85. The van der Waals surface area contributed by atoms with Gasteiger partial charge in [-0.05, 0) is 29.9 Å². The van der Waals surface area contributed by atoms with Crippen LogP contribution in [0, 0.1) is 0 Å². The molecule has 4 rings (SSSR count). The number of nitrogens with zero attached hydrogens (tertiary/aromatic N) is 1. The van der Waals surface area contributed by atoms with Crippen molar-refractivity contribution in [2.24, 2.45) is 0 Å². The molecule has 1 atom stereocenters. The molecule has 25 heavy (non-hydrogen) atoms. The summed E-state index contributed by atoms with van der Waals surface area (Å²) in [5, 5.41) is 5.31. The second-order valence-corrected chi connectivity index (χ2v) is 7.95. The van der Waals surface area contributed by atoms with Gasteiger partial charge in [0.15, 0.2) is 0 Å². The maximum atomic E-state index is 13.0. The number of hydrogen-bond acceptors (Lipinski definition) is 3. The van der Waals surface area contributed by atoms with Crippen molar-refractivity contribution in [3.05, 3.63) is 58.3 Å². The lowest BCUT2D eigenvalue weighted by Crippen LogP contribution is -2.55. The minimum absolute atomic E-state index is 0.0110. The van der Waals surface area contributed by atoms with Gasteiger partial charge in [0.2, 0.25) is 0 Å². The van der Waals surface area contributed by atoms with E-state index < -0.39 is 0 Å². The molecule has 2 amide bonds. The average Bonchev–Trinajstić information content (AvgIpc) is 3.33. The number of amides is 2. The SMILES string of the molecule is O=C(NC(c1ccccc1)c1cccs1)N1CCOC2(CCCC2)C1. The van der Waals surface area contributed by atoms with E-state index in [0.717, 1.165) is 23.3 Å². The van der Waals surface area contributed by atoms with Crippen LogP contribution in [-0.2, 0) is 4.74 Å². The van der Waals surface area contributed by atoms with E-state index in [-0.39, 0.29) is 17.7 Å². The number of carbonyl (C=O) groups is 1. The molecule has 1 aliphatic heterocycles. The van der Waals surface area contributed by atoms with Crippen LogP contribution in [0.1, 0.15) is 42.2 Å². The molecule has 1 spiro atoms. The first kappa shape index (κ1) is 16.6. The molecule has 1 aromatic carbocycles. The molecule has 1 aromatic heterocycles. The average molecular weight is 356 g/mol. The van der Waals surface area contributed by atoms with Crippen molar-refractivity contribution in [2.45, 2.75) is 37.3 Å². The molecule has 2 aromatic rings. The summed E-state index contributed by atoms with van der Waals surface area (Å²) in [6.45, 7) is 2.02. The highest BCUT2D eigenvalue weighted by atomic mass is 32.1. The minimum Gasteiger partial charge on any atom is -0.371 e. The van der Waals surface area contributed by atoms with Gasteiger partial charge in [0, 0.05) is 11.4 Å². The van der Waals surface area contributed by atoms with Crippen LogP contribution in [0.15, 0.2) is 47.8 Å². The molecule has 2 heterocycles. The van der Waals surface area contributed by atoms with Crippen molar-refractivity contribution >= 4 is 17.4 Å². The number of nitrogens with one attached hydrogen (secondary N) is 1. The van der Waals surface area contributed by atoms with Crippen molar-refractivity contribution < 1.29 is 9.53 Å². The van der Waals surface area contributed by atoms with Crippen molar-refractivity contribution in [3.8, 4) is 0 Å². The van der Waals surface area contributed by atoms with Crippen molar-refractivity contribution in [1.29, 1.82) is 0 Å². The zero-order valence-corrected chi connectivity index (χ0v) is 15.1. The largest absolute Gasteiger partial charge is 0.371 e. The van der Waals surface area contributed by atoms with E-state index in [1.165, 1.54) is 12.8 Å². The highest BCUT2D eigenvalue weighted by Gasteiger charge is 2.40. The van der Waals surface area contributed by atoms with Crippen LogP contribution in [0.4, 0.5) is 4.79 Å². The fraction of sp³-hybridized carbons (Fsp3) is 0.450. The van der Waals surface area contributed by atoms with E-state index in [1.807, 2.05) is 29.2 Å². The zero-order valence-electron chi connectivity index (χ0n) is 14.3. The molecule has 2 fully saturated rings. The molecule has 0 radical (unpaired) electrons. The van der Waals surface area contributed by atoms with E-state index in [1.54, 1.807) is 11.3 Å². The smallest absolute Gasteiger partial charge is 0.318 e. The fourth-order valence-electron chi connectivity index (χ4n) is 3.97. The molecular formula is C20H24N2O2S. The Balaban J connectivity index is 1.51. The molecule has 1 N–H and O–H groups in total. The summed E-state index contributed by atoms with van der Waals surface area (Å²) in [6.07, 6.45) is 4.56. The van der Waals surface area contributed by atoms with Crippen LogP contribution in [0.3, 0.4) is 0 Å². The van der Waals surface area contributed by atoms with Crippen LogP contribution in [-0.4, -0.2) is 36.2 Å². The Bertz CT molecular complexity index is 696. The second kappa shape index (κ2) is 7.18. The second-order valence-electron chi connectivity index (χ2n) is 6.97. The van der Waals surface area contributed by atoms with Gasteiger partial charge in [0.1, 0.15) is 0 Å². The van der Waals surface area contributed by atoms with Gasteiger partial charge in [0.25, 0.3) is 0 Å². The maximum absolute atomic E-state index is 13.0. The number of rotatable bonds is 3. The third kappa shape index (κ3) is 3.58. The predicted molar refractivity (Wildman–Crippen MR) is 99.9 cm³/mol. The third-order valence-corrected chi connectivity index (χ3v) is 6.22. The topological polar surface area (TPSA) is 41.6 Å². The summed E-state index contributed by atoms with van der Waals surface area (Å²) in [6, 6.07) is 14.2. The maximum Gasteiger partial charge on any atom is 0.318 e. The number of ether oxygens (including phenoxy) is 1. The van der Waals surface area contributed by atoms with Crippen LogP contribution in [0.2, 0.25) is 0 Å². The Morgan fingerprint density at radius 3 is 2.68 bits per heavy atom. The fourth-order valence-corrected chi connectivity index (χ4v) is 4.78. The lowest BCUT2D eigenvalue weighted by Gasteiger charge is -2.40.